The van der Waals surface area contributed by atoms with Crippen molar-refractivity contribution in [3.8, 4) is 11.8 Å². The maximum Gasteiger partial charge on any atom is 0.127 e. The number of halogens is 1. The molecule has 86 valence electrons. The predicted molar refractivity (Wildman–Crippen MR) is 70.0 cm³/mol. The van der Waals surface area contributed by atoms with E-state index in [0.717, 1.165) is 36.1 Å². The van der Waals surface area contributed by atoms with Crippen LogP contribution in [0.4, 0.5) is 0 Å². The van der Waals surface area contributed by atoms with Crippen LogP contribution in [0.2, 0.25) is 0 Å². The van der Waals surface area contributed by atoms with Gasteiger partial charge in [-0.15, -0.1) is 0 Å². The summed E-state index contributed by atoms with van der Waals surface area (Å²) < 4.78 is 6.88. The Hall–Kier alpha value is -1.27. The minimum absolute atomic E-state index is 0.763. The number of rotatable bonds is 0. The van der Waals surface area contributed by atoms with Gasteiger partial charge in [0.15, 0.2) is 0 Å². The van der Waals surface area contributed by atoms with Crippen molar-refractivity contribution >= 4 is 21.5 Å². The molecule has 2 aliphatic rings. The molecule has 2 nitrogen and oxygen atoms in total. The normalized spacial score (nSPS) is 18.8. The van der Waals surface area contributed by atoms with Crippen LogP contribution in [0.25, 0.3) is 5.57 Å². The first kappa shape index (κ1) is 10.9. The van der Waals surface area contributed by atoms with Crippen LogP contribution in [0.5, 0.6) is 5.75 Å². The van der Waals surface area contributed by atoms with E-state index in [2.05, 4.69) is 28.9 Å². The van der Waals surface area contributed by atoms with Crippen molar-refractivity contribution < 1.29 is 4.74 Å². The molecule has 17 heavy (non-hydrogen) atoms. The van der Waals surface area contributed by atoms with Gasteiger partial charge in [-0.2, -0.15) is 5.26 Å². The van der Waals surface area contributed by atoms with Gasteiger partial charge in [0.05, 0.1) is 12.7 Å². The number of fused-ring (bicyclic) bond motifs is 3. The molecule has 0 atom stereocenters. The Balaban J connectivity index is 2.33. The monoisotopic (exact) mass is 289 g/mol. The summed E-state index contributed by atoms with van der Waals surface area (Å²) in [6.45, 7) is 2.86. The Morgan fingerprint density at radius 3 is 2.88 bits per heavy atom. The van der Waals surface area contributed by atoms with Crippen molar-refractivity contribution in [2.45, 2.75) is 26.2 Å². The molecule has 3 heteroatoms. The zero-order chi connectivity index (χ0) is 12.0. The molecular formula is C14H12BrNO. The predicted octanol–water partition coefficient (Wildman–Crippen LogP) is 3.55. The highest BCUT2D eigenvalue weighted by Crippen LogP contribution is 2.47. The Labute approximate surface area is 109 Å². The first-order valence-corrected chi connectivity index (χ1v) is 6.59. The molecule has 0 saturated carbocycles. The van der Waals surface area contributed by atoms with Gasteiger partial charge in [-0.05, 0) is 36.5 Å². The minimum Gasteiger partial charge on any atom is -0.493 e. The quantitative estimate of drug-likeness (QED) is 0.685. The molecule has 0 bridgehead atoms. The summed E-state index contributed by atoms with van der Waals surface area (Å²) in [7, 11) is 0. The second-order valence-electron chi connectivity index (χ2n) is 4.50. The number of allylic oxidation sites excluding steroid dienone is 2. The number of hydrogen-bond donors (Lipinski definition) is 0. The summed E-state index contributed by atoms with van der Waals surface area (Å²) in [4.78, 5) is 0. The highest BCUT2D eigenvalue weighted by atomic mass is 79.9. The molecule has 0 amide bonds. The van der Waals surface area contributed by atoms with Crippen LogP contribution in [-0.2, 0) is 12.8 Å². The van der Waals surface area contributed by atoms with Gasteiger partial charge in [0.1, 0.15) is 5.75 Å². The topological polar surface area (TPSA) is 33.0 Å². The average molecular weight is 290 g/mol. The average Bonchev–Trinajstić information content (AvgIpc) is 2.92. The molecule has 1 heterocycles. The lowest BCUT2D eigenvalue weighted by Crippen LogP contribution is -1.94. The van der Waals surface area contributed by atoms with Gasteiger partial charge in [-0.3, -0.25) is 0 Å². The van der Waals surface area contributed by atoms with Gasteiger partial charge < -0.3 is 4.74 Å². The van der Waals surface area contributed by atoms with Crippen molar-refractivity contribution in [2.75, 3.05) is 6.61 Å². The third-order valence-corrected chi connectivity index (χ3v) is 4.69. The number of benzene rings is 1. The second-order valence-corrected chi connectivity index (χ2v) is 5.29. The smallest absolute Gasteiger partial charge is 0.127 e. The summed E-state index contributed by atoms with van der Waals surface area (Å²) >= 11 is 3.67. The van der Waals surface area contributed by atoms with Crippen LogP contribution in [0.3, 0.4) is 0 Å². The molecule has 0 saturated heterocycles. The third-order valence-electron chi connectivity index (χ3n) is 3.62. The van der Waals surface area contributed by atoms with E-state index >= 15 is 0 Å². The molecule has 1 aliphatic heterocycles. The van der Waals surface area contributed by atoms with Gasteiger partial charge in [-0.25, -0.2) is 0 Å². The summed E-state index contributed by atoms with van der Waals surface area (Å²) in [5, 5.41) is 8.86. The van der Waals surface area contributed by atoms with Gasteiger partial charge in [0, 0.05) is 28.1 Å². The van der Waals surface area contributed by atoms with Crippen molar-refractivity contribution in [2.24, 2.45) is 0 Å². The van der Waals surface area contributed by atoms with E-state index in [1.165, 1.54) is 27.8 Å². The molecule has 0 N–H and O–H groups in total. The molecule has 0 radical (unpaired) electrons. The Bertz CT molecular complexity index is 581. The Morgan fingerprint density at radius 2 is 2.12 bits per heavy atom. The summed E-state index contributed by atoms with van der Waals surface area (Å²) in [5.41, 5.74) is 6.31. The first-order chi connectivity index (χ1) is 8.24. The van der Waals surface area contributed by atoms with E-state index in [-0.39, 0.29) is 0 Å². The molecule has 3 rings (SSSR count). The molecular weight excluding hydrogens is 278 g/mol. The number of hydrogen-bond acceptors (Lipinski definition) is 2. The van der Waals surface area contributed by atoms with Crippen LogP contribution in [-0.4, -0.2) is 6.61 Å². The third kappa shape index (κ3) is 1.44. The lowest BCUT2D eigenvalue weighted by atomic mass is 9.95. The zero-order valence-corrected chi connectivity index (χ0v) is 11.2. The molecule has 1 aromatic carbocycles. The fourth-order valence-electron chi connectivity index (χ4n) is 2.88. The van der Waals surface area contributed by atoms with Crippen LogP contribution < -0.4 is 4.74 Å². The summed E-state index contributed by atoms with van der Waals surface area (Å²) in [6, 6.07) is 2.16. The summed E-state index contributed by atoms with van der Waals surface area (Å²) in [6.07, 6.45) is 4.65. The van der Waals surface area contributed by atoms with E-state index in [1.54, 1.807) is 6.08 Å². The number of nitrogens with zero attached hydrogens (tertiary/aromatic N) is 1. The largest absolute Gasteiger partial charge is 0.493 e. The standard InChI is InChI=1S/C14H12BrNO/c1-8-13(15)10-3-2-9(4-6-16)12(10)11-5-7-17-14(8)11/h4H,2-3,5,7H2,1H3. The van der Waals surface area contributed by atoms with Crippen LogP contribution in [0.1, 0.15) is 28.7 Å². The second kappa shape index (κ2) is 3.89. The Kier molecular flexibility index (Phi) is 2.48. The van der Waals surface area contributed by atoms with E-state index in [4.69, 9.17) is 10.00 Å². The van der Waals surface area contributed by atoms with E-state index in [1.807, 2.05) is 0 Å². The number of nitriles is 1. The maximum absolute atomic E-state index is 8.86. The minimum atomic E-state index is 0.763. The van der Waals surface area contributed by atoms with E-state index < -0.39 is 0 Å². The molecule has 0 spiro atoms. The lowest BCUT2D eigenvalue weighted by molar-refractivity contribution is 0.354. The lowest BCUT2D eigenvalue weighted by Gasteiger charge is -2.13. The van der Waals surface area contributed by atoms with Crippen molar-refractivity contribution in [3.63, 3.8) is 0 Å². The van der Waals surface area contributed by atoms with Crippen molar-refractivity contribution in [3.05, 3.63) is 32.8 Å². The fraction of sp³-hybridized carbons (Fsp3) is 0.357. The SMILES string of the molecule is Cc1c(Br)c2c(c3c1OCC3)C(=CC#N)CC2. The molecule has 1 aliphatic carbocycles. The van der Waals surface area contributed by atoms with E-state index in [9.17, 15) is 0 Å². The molecule has 0 aromatic heterocycles. The molecule has 0 unspecified atom stereocenters. The first-order valence-electron chi connectivity index (χ1n) is 5.79. The summed E-state index contributed by atoms with van der Waals surface area (Å²) in [5.74, 6) is 1.03. The molecule has 1 aromatic rings. The van der Waals surface area contributed by atoms with Crippen molar-refractivity contribution in [1.82, 2.24) is 0 Å². The highest BCUT2D eigenvalue weighted by Gasteiger charge is 2.29. The highest BCUT2D eigenvalue weighted by molar-refractivity contribution is 9.10. The van der Waals surface area contributed by atoms with Gasteiger partial charge in [-0.1, -0.05) is 15.9 Å². The van der Waals surface area contributed by atoms with Gasteiger partial charge in [0.2, 0.25) is 0 Å². The Morgan fingerprint density at radius 1 is 1.29 bits per heavy atom. The van der Waals surface area contributed by atoms with Crippen LogP contribution in [0.15, 0.2) is 10.5 Å². The molecule has 0 fully saturated rings. The van der Waals surface area contributed by atoms with Crippen LogP contribution >= 0.6 is 15.9 Å². The number of ether oxygens (including phenoxy) is 1. The van der Waals surface area contributed by atoms with Crippen molar-refractivity contribution in [1.29, 1.82) is 5.26 Å². The van der Waals surface area contributed by atoms with Gasteiger partial charge >= 0.3 is 0 Å². The fourth-order valence-corrected chi connectivity index (χ4v) is 3.45. The maximum atomic E-state index is 8.86. The zero-order valence-electron chi connectivity index (χ0n) is 9.64. The van der Waals surface area contributed by atoms with E-state index in [0.29, 0.717) is 0 Å². The van der Waals surface area contributed by atoms with Gasteiger partial charge in [0.25, 0.3) is 0 Å². The van der Waals surface area contributed by atoms with Crippen LogP contribution in [0, 0.1) is 18.3 Å².